The number of methoxy groups -OCH3 is 2. The van der Waals surface area contributed by atoms with E-state index < -0.39 is 58.5 Å². The lowest BCUT2D eigenvalue weighted by Gasteiger charge is -2.42. The van der Waals surface area contributed by atoms with Gasteiger partial charge >= 0.3 is 18.0 Å². The molecule has 0 aliphatic rings. The van der Waals surface area contributed by atoms with Gasteiger partial charge in [-0.2, -0.15) is 0 Å². The molecule has 2 N–H and O–H groups in total. The Hall–Kier alpha value is -4.29. The topological polar surface area (TPSA) is 173 Å². The van der Waals surface area contributed by atoms with E-state index >= 15 is 0 Å². The molecule has 66 heavy (non-hydrogen) atoms. The lowest BCUT2D eigenvalue weighted by Crippen LogP contribution is -2.55. The van der Waals surface area contributed by atoms with Crippen LogP contribution in [0, 0.1) is 0 Å². The molecular weight excluding hydrogens is 949 g/mol. The first-order valence-electron chi connectivity index (χ1n) is 21.4. The number of ether oxygens (including phenoxy) is 3. The number of thiazole rings is 3. The first-order chi connectivity index (χ1) is 30.6. The van der Waals surface area contributed by atoms with Crippen molar-refractivity contribution in [1.29, 1.82) is 0 Å². The number of aromatic nitrogens is 4. The van der Waals surface area contributed by atoms with E-state index in [-0.39, 0.29) is 28.1 Å². The van der Waals surface area contributed by atoms with Crippen LogP contribution >= 0.6 is 46.2 Å². The zero-order valence-corrected chi connectivity index (χ0v) is 45.7. The van der Waals surface area contributed by atoms with Crippen molar-refractivity contribution < 1.29 is 37.4 Å². The molecule has 356 valence electrons. The third-order valence-electron chi connectivity index (χ3n) is 11.6. The molecule has 0 fully saturated rings. The van der Waals surface area contributed by atoms with Crippen LogP contribution in [-0.2, 0) is 23.1 Å². The highest BCUT2D eigenvalue weighted by Crippen LogP contribution is 2.42. The van der Waals surface area contributed by atoms with Gasteiger partial charge in [0.05, 0.1) is 32.6 Å². The maximum Gasteiger partial charge on any atom is 0.408 e. The Balaban J connectivity index is 1.64. The molecule has 5 aromatic rings. The van der Waals surface area contributed by atoms with Gasteiger partial charge in [-0.15, -0.1) is 34.0 Å². The molecule has 0 aliphatic heterocycles. The highest BCUT2D eigenvalue weighted by Gasteiger charge is 2.44. The standard InChI is InChI=1S/C46H62N6O8S4Si2/c1-44(2,3)59-43(55)52-35(36(27-19-17-16-18-20-27)60-66(14,15)46(7,8)9)37(61)48-30(23-58-65(12,13)45(4,5)6)40-49-31(24-63-40)34-28(38-50-32(25-62-38)41(53)56-10)21-22-29(47-34)39-51-33(26-64-39)42(54)57-11/h16-22,24-26,30,35-36H,23H2,1-15H3,(H,48,61)(H,52,55)/t30-,35-,36-/m0/s1. The SMILES string of the molecule is COC(=O)c1csc(-c2ccc(-c3nc(C(=O)OC)cs3)c(-c3csc([C@H](CO[Si](C)(C)C(C)(C)C)NC(=S)[C@@H](NC(=O)OC(C)(C)C)[C@@H](O[Si](C)(C)C(C)(C)C)c4ccccc4)n3)n2)n1. The molecule has 0 aliphatic carbocycles. The number of carbonyl (C=O) groups excluding carboxylic acids is 3. The zero-order chi connectivity index (χ0) is 49.0. The van der Waals surface area contributed by atoms with E-state index in [9.17, 15) is 14.4 Å². The van der Waals surface area contributed by atoms with Crippen molar-refractivity contribution in [3.05, 3.63) is 80.6 Å². The lowest BCUT2D eigenvalue weighted by atomic mass is 10.0. The number of alkyl carbamates (subject to hydrolysis) is 1. The second kappa shape index (κ2) is 20.9. The van der Waals surface area contributed by atoms with E-state index in [1.807, 2.05) is 62.5 Å². The molecule has 14 nitrogen and oxygen atoms in total. The van der Waals surface area contributed by atoms with E-state index in [4.69, 9.17) is 45.2 Å². The molecule has 1 aromatic carbocycles. The van der Waals surface area contributed by atoms with E-state index in [0.717, 1.165) is 5.56 Å². The van der Waals surface area contributed by atoms with Crippen molar-refractivity contribution in [2.75, 3.05) is 20.8 Å². The van der Waals surface area contributed by atoms with Gasteiger partial charge in [-0.05, 0) is 74.7 Å². The molecule has 0 saturated heterocycles. The summed E-state index contributed by atoms with van der Waals surface area (Å²) in [6, 6.07) is 11.9. The molecule has 5 rings (SSSR count). The smallest absolute Gasteiger partial charge is 0.408 e. The molecule has 4 heterocycles. The monoisotopic (exact) mass is 1010 g/mol. The summed E-state index contributed by atoms with van der Waals surface area (Å²) in [5.41, 5.74) is 2.49. The second-order valence-corrected chi connectivity index (χ2v) is 32.3. The number of rotatable bonds is 16. The van der Waals surface area contributed by atoms with Crippen molar-refractivity contribution in [3.8, 4) is 32.7 Å². The summed E-state index contributed by atoms with van der Waals surface area (Å²) in [4.78, 5) is 58.3. The average molecular weight is 1010 g/mol. The molecule has 0 spiro atoms. The van der Waals surface area contributed by atoms with Crippen molar-refractivity contribution in [3.63, 3.8) is 0 Å². The van der Waals surface area contributed by atoms with Gasteiger partial charge in [0.25, 0.3) is 0 Å². The normalized spacial score (nSPS) is 13.9. The Labute approximate surface area is 407 Å². The summed E-state index contributed by atoms with van der Waals surface area (Å²) in [6.07, 6.45) is -1.33. The number of nitrogens with one attached hydrogen (secondary N) is 2. The van der Waals surface area contributed by atoms with E-state index in [2.05, 4.69) is 88.3 Å². The predicted molar refractivity (Wildman–Crippen MR) is 272 cm³/mol. The molecule has 4 aromatic heterocycles. The molecule has 0 bridgehead atoms. The van der Waals surface area contributed by atoms with Crippen LogP contribution in [-0.4, -0.2) is 92.1 Å². The van der Waals surface area contributed by atoms with Crippen LogP contribution in [0.25, 0.3) is 32.7 Å². The fourth-order valence-corrected chi connectivity index (χ4v) is 10.8. The Bertz CT molecular complexity index is 2510. The van der Waals surface area contributed by atoms with Gasteiger partial charge < -0.3 is 33.7 Å². The van der Waals surface area contributed by atoms with Gasteiger partial charge in [-0.3, -0.25) is 0 Å². The first kappa shape index (κ1) is 52.7. The number of pyridine rings is 1. The number of carbonyl (C=O) groups is 3. The van der Waals surface area contributed by atoms with Crippen LogP contribution in [0.1, 0.15) is 106 Å². The first-order valence-corrected chi connectivity index (χ1v) is 30.2. The summed E-state index contributed by atoms with van der Waals surface area (Å²) < 4.78 is 29.8. The fourth-order valence-electron chi connectivity index (χ4n) is 5.81. The quantitative estimate of drug-likeness (QED) is 0.0414. The number of amides is 1. The summed E-state index contributed by atoms with van der Waals surface area (Å²) in [5.74, 6) is -1.12. The largest absolute Gasteiger partial charge is 0.464 e. The van der Waals surface area contributed by atoms with Crippen molar-refractivity contribution in [1.82, 2.24) is 30.6 Å². The molecule has 0 radical (unpaired) electrons. The molecule has 0 saturated carbocycles. The number of nitrogens with zero attached hydrogens (tertiary/aromatic N) is 4. The van der Waals surface area contributed by atoms with Gasteiger partial charge in [0.2, 0.25) is 0 Å². The van der Waals surface area contributed by atoms with Crippen LogP contribution in [0.4, 0.5) is 4.79 Å². The Morgan fingerprint density at radius 3 is 1.83 bits per heavy atom. The molecule has 3 atom stereocenters. The van der Waals surface area contributed by atoms with Crippen LogP contribution in [0.5, 0.6) is 0 Å². The van der Waals surface area contributed by atoms with Crippen LogP contribution in [0.3, 0.4) is 0 Å². The average Bonchev–Trinajstić information content (AvgIpc) is 4.04. The van der Waals surface area contributed by atoms with Gasteiger partial charge in [0.1, 0.15) is 49.1 Å². The molecule has 20 heteroatoms. The second-order valence-electron chi connectivity index (χ2n) is 19.7. The van der Waals surface area contributed by atoms with Gasteiger partial charge in [-0.1, -0.05) is 84.1 Å². The minimum absolute atomic E-state index is 0.109. The number of hydrogen-bond acceptors (Lipinski definition) is 16. The maximum absolute atomic E-state index is 13.8. The number of esters is 2. The lowest BCUT2D eigenvalue weighted by molar-refractivity contribution is 0.0469. The van der Waals surface area contributed by atoms with Crippen LogP contribution < -0.4 is 10.6 Å². The Morgan fingerprint density at radius 1 is 0.697 bits per heavy atom. The number of thiocarbonyl (C=S) groups is 1. The summed E-state index contributed by atoms with van der Waals surface area (Å²) >= 11 is 10.3. The predicted octanol–water partition coefficient (Wildman–Crippen LogP) is 11.7. The highest BCUT2D eigenvalue weighted by molar-refractivity contribution is 7.80. The van der Waals surface area contributed by atoms with Crippen LogP contribution in [0.15, 0.2) is 58.6 Å². The highest BCUT2D eigenvalue weighted by atomic mass is 32.1. The molecular formula is C46H62N6O8S4Si2. The van der Waals surface area contributed by atoms with E-state index in [0.29, 0.717) is 42.7 Å². The zero-order valence-electron chi connectivity index (χ0n) is 40.4. The fraction of sp³-hybridized carbons (Fsp3) is 0.478. The molecule has 0 unspecified atom stereocenters. The third kappa shape index (κ3) is 13.0. The van der Waals surface area contributed by atoms with Gasteiger partial charge in [0, 0.05) is 21.7 Å². The van der Waals surface area contributed by atoms with E-state index in [1.165, 1.54) is 48.2 Å². The van der Waals surface area contributed by atoms with Crippen molar-refractivity contribution in [2.45, 2.75) is 122 Å². The molecule has 1 amide bonds. The summed E-state index contributed by atoms with van der Waals surface area (Å²) in [5, 5.41) is 13.2. The minimum Gasteiger partial charge on any atom is -0.464 e. The number of benzene rings is 1. The van der Waals surface area contributed by atoms with Gasteiger partial charge in [-0.25, -0.2) is 34.3 Å². The van der Waals surface area contributed by atoms with Crippen molar-refractivity contribution in [2.24, 2.45) is 0 Å². The number of hydrogen-bond donors (Lipinski definition) is 2. The Kier molecular flexibility index (Phi) is 16.7. The summed E-state index contributed by atoms with van der Waals surface area (Å²) in [7, 11) is -2.24. The summed E-state index contributed by atoms with van der Waals surface area (Å²) in [6.45, 7) is 27.4. The Morgan fingerprint density at radius 2 is 1.27 bits per heavy atom. The van der Waals surface area contributed by atoms with Crippen LogP contribution in [0.2, 0.25) is 36.3 Å². The van der Waals surface area contributed by atoms with Crippen molar-refractivity contribution >= 4 is 85.9 Å². The van der Waals surface area contributed by atoms with Gasteiger partial charge in [0.15, 0.2) is 28.0 Å². The maximum atomic E-state index is 13.8. The third-order valence-corrected chi connectivity index (χ3v) is 23.6. The van der Waals surface area contributed by atoms with E-state index in [1.54, 1.807) is 16.8 Å². The minimum atomic E-state index is -2.51.